The van der Waals surface area contributed by atoms with Gasteiger partial charge < -0.3 is 5.73 Å². The average Bonchev–Trinajstić information content (AvgIpc) is 2.92. The third-order valence-electron chi connectivity index (χ3n) is 3.16. The minimum absolute atomic E-state index is 0.152. The summed E-state index contributed by atoms with van der Waals surface area (Å²) in [6, 6.07) is 0.152. The van der Waals surface area contributed by atoms with E-state index >= 15 is 0 Å². The van der Waals surface area contributed by atoms with Crippen LogP contribution in [0.5, 0.6) is 0 Å². The van der Waals surface area contributed by atoms with Crippen molar-refractivity contribution >= 4 is 10.2 Å². The Morgan fingerprint density at radius 1 is 1.33 bits per heavy atom. The van der Waals surface area contributed by atoms with Gasteiger partial charge in [0.2, 0.25) is 0 Å². The summed E-state index contributed by atoms with van der Waals surface area (Å²) in [4.78, 5) is 0. The van der Waals surface area contributed by atoms with Gasteiger partial charge in [-0.3, -0.25) is 0 Å². The number of nitrogens with zero attached hydrogens (tertiary/aromatic N) is 1. The highest BCUT2D eigenvalue weighted by Gasteiger charge is 2.37. The molecule has 2 atom stereocenters. The fourth-order valence-electron chi connectivity index (χ4n) is 1.93. The summed E-state index contributed by atoms with van der Waals surface area (Å²) in [5, 5.41) is 0. The van der Waals surface area contributed by atoms with Gasteiger partial charge in [0.15, 0.2) is 0 Å². The van der Waals surface area contributed by atoms with E-state index in [1.807, 2.05) is 6.92 Å². The van der Waals surface area contributed by atoms with E-state index in [0.717, 1.165) is 25.7 Å². The molecule has 2 unspecified atom stereocenters. The molecule has 2 rings (SSSR count). The fraction of sp³-hybridized carbons (Fsp3) is 1.00. The number of nitrogens with one attached hydrogen (secondary N) is 1. The maximum absolute atomic E-state index is 11.9. The normalized spacial score (nSPS) is 34.3. The average molecular weight is 233 g/mol. The Morgan fingerprint density at radius 3 is 2.60 bits per heavy atom. The van der Waals surface area contributed by atoms with Gasteiger partial charge in [-0.05, 0) is 31.6 Å². The van der Waals surface area contributed by atoms with E-state index in [1.165, 1.54) is 4.31 Å². The Labute approximate surface area is 91.2 Å². The second-order valence-corrected chi connectivity index (χ2v) is 6.27. The second-order valence-electron chi connectivity index (χ2n) is 4.62. The molecule has 0 aromatic heterocycles. The molecule has 3 N–H and O–H groups in total. The van der Waals surface area contributed by atoms with E-state index < -0.39 is 10.2 Å². The first-order valence-corrected chi connectivity index (χ1v) is 6.99. The summed E-state index contributed by atoms with van der Waals surface area (Å²) in [6.07, 6.45) is 3.46. The van der Waals surface area contributed by atoms with E-state index in [4.69, 9.17) is 5.73 Å². The SMILES string of the molecule is CC1CCCN(S(=O)(=O)NC2CC2)C1N. The molecule has 0 radical (unpaired) electrons. The van der Waals surface area contributed by atoms with Crippen molar-refractivity contribution in [3.05, 3.63) is 0 Å². The smallest absolute Gasteiger partial charge is 0.281 e. The van der Waals surface area contributed by atoms with E-state index in [9.17, 15) is 8.42 Å². The lowest BCUT2D eigenvalue weighted by atomic mass is 9.99. The lowest BCUT2D eigenvalue weighted by Gasteiger charge is -2.36. The molecule has 2 fully saturated rings. The summed E-state index contributed by atoms with van der Waals surface area (Å²) in [5.41, 5.74) is 5.91. The molecule has 1 saturated heterocycles. The maximum atomic E-state index is 11.9. The Balaban J connectivity index is 2.06. The molecule has 0 spiro atoms. The predicted molar refractivity (Wildman–Crippen MR) is 58.2 cm³/mol. The van der Waals surface area contributed by atoms with E-state index in [1.54, 1.807) is 0 Å². The highest BCUT2D eigenvalue weighted by Crippen LogP contribution is 2.25. The first kappa shape index (κ1) is 11.3. The summed E-state index contributed by atoms with van der Waals surface area (Å²) < 4.78 is 27.9. The molecule has 15 heavy (non-hydrogen) atoms. The first-order chi connectivity index (χ1) is 7.00. The van der Waals surface area contributed by atoms with Crippen LogP contribution in [-0.2, 0) is 10.2 Å². The largest absolute Gasteiger partial charge is 0.315 e. The highest BCUT2D eigenvalue weighted by molar-refractivity contribution is 7.87. The molecule has 1 saturated carbocycles. The van der Waals surface area contributed by atoms with Crippen LogP contribution in [0.25, 0.3) is 0 Å². The van der Waals surface area contributed by atoms with E-state index in [2.05, 4.69) is 4.72 Å². The molecule has 0 aromatic rings. The fourth-order valence-corrected chi connectivity index (χ4v) is 3.62. The molecule has 1 heterocycles. The Hall–Kier alpha value is -0.170. The van der Waals surface area contributed by atoms with E-state index in [-0.39, 0.29) is 18.1 Å². The van der Waals surface area contributed by atoms with Gasteiger partial charge >= 0.3 is 0 Å². The van der Waals surface area contributed by atoms with E-state index in [0.29, 0.717) is 6.54 Å². The van der Waals surface area contributed by atoms with Crippen molar-refractivity contribution in [2.75, 3.05) is 6.54 Å². The highest BCUT2D eigenvalue weighted by atomic mass is 32.2. The van der Waals surface area contributed by atoms with Gasteiger partial charge in [0, 0.05) is 12.6 Å². The maximum Gasteiger partial charge on any atom is 0.281 e. The summed E-state index contributed by atoms with van der Waals surface area (Å²) in [5.74, 6) is 0.245. The third kappa shape index (κ3) is 2.50. The number of nitrogens with two attached hydrogens (primary N) is 1. The number of hydrogen-bond acceptors (Lipinski definition) is 3. The van der Waals surface area contributed by atoms with Crippen molar-refractivity contribution in [1.82, 2.24) is 9.03 Å². The van der Waals surface area contributed by atoms with Gasteiger partial charge in [0.25, 0.3) is 10.2 Å². The van der Waals surface area contributed by atoms with Crippen molar-refractivity contribution in [3.8, 4) is 0 Å². The van der Waals surface area contributed by atoms with Gasteiger partial charge in [-0.2, -0.15) is 17.4 Å². The summed E-state index contributed by atoms with van der Waals surface area (Å²) in [7, 11) is -3.34. The standard InChI is InChI=1S/C9H19N3O2S/c1-7-3-2-6-12(9(7)10)15(13,14)11-8-4-5-8/h7-9,11H,2-6,10H2,1H3. The molecule has 2 aliphatic rings. The lowest BCUT2D eigenvalue weighted by molar-refractivity contribution is 0.190. The van der Waals surface area contributed by atoms with Crippen LogP contribution in [0.4, 0.5) is 0 Å². The van der Waals surface area contributed by atoms with Crippen LogP contribution in [0.2, 0.25) is 0 Å². The Bertz CT molecular complexity index is 326. The van der Waals surface area contributed by atoms with Crippen molar-refractivity contribution in [2.45, 2.75) is 44.8 Å². The summed E-state index contributed by atoms with van der Waals surface area (Å²) >= 11 is 0. The lowest BCUT2D eigenvalue weighted by Crippen LogP contribution is -2.56. The second kappa shape index (κ2) is 4.01. The molecule has 0 amide bonds. The molecule has 0 bridgehead atoms. The molecule has 88 valence electrons. The molecule has 1 aliphatic heterocycles. The van der Waals surface area contributed by atoms with Crippen molar-refractivity contribution < 1.29 is 8.42 Å². The molecular weight excluding hydrogens is 214 g/mol. The molecule has 5 nitrogen and oxygen atoms in total. The van der Waals surface area contributed by atoms with Gasteiger partial charge in [0.05, 0.1) is 6.17 Å². The number of piperidine rings is 1. The zero-order valence-corrected chi connectivity index (χ0v) is 9.83. The van der Waals surface area contributed by atoms with Crippen molar-refractivity contribution in [3.63, 3.8) is 0 Å². The topological polar surface area (TPSA) is 75.4 Å². The quantitative estimate of drug-likeness (QED) is 0.720. The van der Waals surface area contributed by atoms with Crippen molar-refractivity contribution in [1.29, 1.82) is 0 Å². The van der Waals surface area contributed by atoms with Gasteiger partial charge in [0.1, 0.15) is 0 Å². The summed E-state index contributed by atoms with van der Waals surface area (Å²) in [6.45, 7) is 2.55. The minimum atomic E-state index is -3.34. The van der Waals surface area contributed by atoms with Crippen LogP contribution in [0, 0.1) is 5.92 Å². The first-order valence-electron chi connectivity index (χ1n) is 5.55. The predicted octanol–water partition coefficient (Wildman–Crippen LogP) is -0.0001000. The van der Waals surface area contributed by atoms with Gasteiger partial charge in [-0.15, -0.1) is 0 Å². The van der Waals surface area contributed by atoms with Gasteiger partial charge in [-0.25, -0.2) is 0 Å². The number of hydrogen-bond donors (Lipinski definition) is 2. The number of rotatable bonds is 3. The van der Waals surface area contributed by atoms with Crippen molar-refractivity contribution in [2.24, 2.45) is 11.7 Å². The van der Waals surface area contributed by atoms with Gasteiger partial charge in [-0.1, -0.05) is 6.92 Å². The zero-order chi connectivity index (χ0) is 11.1. The van der Waals surface area contributed by atoms with Crippen LogP contribution < -0.4 is 10.5 Å². The molecule has 6 heteroatoms. The Kier molecular flexibility index (Phi) is 3.03. The van der Waals surface area contributed by atoms with Crippen LogP contribution in [0.1, 0.15) is 32.6 Å². The van der Waals surface area contributed by atoms with Crippen LogP contribution in [0.15, 0.2) is 0 Å². The molecule has 0 aromatic carbocycles. The monoisotopic (exact) mass is 233 g/mol. The Morgan fingerprint density at radius 2 is 2.00 bits per heavy atom. The molecular formula is C9H19N3O2S. The third-order valence-corrected chi connectivity index (χ3v) is 4.83. The van der Waals surface area contributed by atoms with Crippen LogP contribution in [0.3, 0.4) is 0 Å². The zero-order valence-electron chi connectivity index (χ0n) is 9.02. The van der Waals surface area contributed by atoms with Crippen LogP contribution in [-0.4, -0.2) is 31.5 Å². The molecule has 1 aliphatic carbocycles. The minimum Gasteiger partial charge on any atom is -0.315 e. The van der Waals surface area contributed by atoms with Crippen LogP contribution >= 0.6 is 0 Å².